The third-order valence-electron chi connectivity index (χ3n) is 3.47. The molecule has 1 atom stereocenters. The van der Waals surface area contributed by atoms with Crippen molar-refractivity contribution in [1.82, 2.24) is 5.32 Å². The highest BCUT2D eigenvalue weighted by Gasteiger charge is 2.13. The summed E-state index contributed by atoms with van der Waals surface area (Å²) in [6, 6.07) is 13.2. The molecule has 112 valence electrons. The summed E-state index contributed by atoms with van der Waals surface area (Å²) < 4.78 is 19.9. The summed E-state index contributed by atoms with van der Waals surface area (Å²) in [6.45, 7) is 2.45. The van der Waals surface area contributed by atoms with E-state index in [1.54, 1.807) is 6.07 Å². The van der Waals surface area contributed by atoms with Gasteiger partial charge in [-0.25, -0.2) is 4.39 Å². The largest absolute Gasteiger partial charge is 0.489 e. The lowest BCUT2D eigenvalue weighted by Gasteiger charge is -2.19. The molecule has 0 saturated carbocycles. The van der Waals surface area contributed by atoms with Gasteiger partial charge in [-0.3, -0.25) is 0 Å². The zero-order valence-electron chi connectivity index (χ0n) is 12.2. The quantitative estimate of drug-likeness (QED) is 0.803. The van der Waals surface area contributed by atoms with Gasteiger partial charge in [-0.05, 0) is 41.5 Å². The molecule has 4 heteroatoms. The highest BCUT2D eigenvalue weighted by molar-refractivity contribution is 9.10. The molecule has 2 aromatic carbocycles. The fourth-order valence-electron chi connectivity index (χ4n) is 2.29. The molecule has 2 nitrogen and oxygen atoms in total. The lowest BCUT2D eigenvalue weighted by atomic mass is 10.0. The summed E-state index contributed by atoms with van der Waals surface area (Å²) in [5.41, 5.74) is 1.91. The van der Waals surface area contributed by atoms with Gasteiger partial charge in [0, 0.05) is 17.2 Å². The van der Waals surface area contributed by atoms with Crippen molar-refractivity contribution >= 4 is 15.9 Å². The number of para-hydroxylation sites is 1. The van der Waals surface area contributed by atoms with Crippen molar-refractivity contribution in [3.05, 3.63) is 63.9 Å². The Kier molecular flexibility index (Phi) is 5.76. The van der Waals surface area contributed by atoms with Crippen LogP contribution < -0.4 is 10.1 Å². The average molecular weight is 352 g/mol. The van der Waals surface area contributed by atoms with Crippen molar-refractivity contribution in [2.45, 2.75) is 26.0 Å². The van der Waals surface area contributed by atoms with E-state index in [0.29, 0.717) is 11.1 Å². The van der Waals surface area contributed by atoms with Gasteiger partial charge < -0.3 is 10.1 Å². The van der Waals surface area contributed by atoms with Gasteiger partial charge in [0.2, 0.25) is 0 Å². The summed E-state index contributed by atoms with van der Waals surface area (Å²) in [4.78, 5) is 0. The zero-order chi connectivity index (χ0) is 15.2. The Balaban J connectivity index is 2.18. The second kappa shape index (κ2) is 7.57. The van der Waals surface area contributed by atoms with Crippen LogP contribution in [-0.4, -0.2) is 7.05 Å². The van der Waals surface area contributed by atoms with Gasteiger partial charge in [-0.1, -0.05) is 37.3 Å². The maximum absolute atomic E-state index is 13.5. The Hall–Kier alpha value is -1.39. The molecule has 1 unspecified atom stereocenters. The molecule has 2 rings (SSSR count). The summed E-state index contributed by atoms with van der Waals surface area (Å²) >= 11 is 3.26. The van der Waals surface area contributed by atoms with Gasteiger partial charge in [-0.2, -0.15) is 0 Å². The van der Waals surface area contributed by atoms with Crippen LogP contribution in [0.4, 0.5) is 4.39 Å². The Morgan fingerprint density at radius 3 is 2.67 bits per heavy atom. The minimum Gasteiger partial charge on any atom is -0.489 e. The van der Waals surface area contributed by atoms with Gasteiger partial charge in [-0.15, -0.1) is 0 Å². The molecule has 0 aliphatic heterocycles. The first-order valence-corrected chi connectivity index (χ1v) is 7.78. The second-order valence-electron chi connectivity index (χ2n) is 4.79. The Labute approximate surface area is 133 Å². The molecular formula is C17H19BrFNO. The summed E-state index contributed by atoms with van der Waals surface area (Å²) in [7, 11) is 1.94. The monoisotopic (exact) mass is 351 g/mol. The van der Waals surface area contributed by atoms with Crippen LogP contribution in [0.15, 0.2) is 46.9 Å². The van der Waals surface area contributed by atoms with Crippen molar-refractivity contribution in [2.75, 3.05) is 7.05 Å². The van der Waals surface area contributed by atoms with E-state index in [1.807, 2.05) is 31.3 Å². The molecule has 0 aliphatic rings. The zero-order valence-corrected chi connectivity index (χ0v) is 13.8. The lowest BCUT2D eigenvalue weighted by Crippen LogP contribution is -2.16. The van der Waals surface area contributed by atoms with Crippen molar-refractivity contribution in [3.8, 4) is 5.75 Å². The van der Waals surface area contributed by atoms with E-state index >= 15 is 0 Å². The van der Waals surface area contributed by atoms with Crippen LogP contribution in [0.1, 0.15) is 30.5 Å². The maximum atomic E-state index is 13.5. The van der Waals surface area contributed by atoms with E-state index in [4.69, 9.17) is 4.74 Å². The molecule has 21 heavy (non-hydrogen) atoms. The Morgan fingerprint density at radius 2 is 1.95 bits per heavy atom. The molecule has 2 aromatic rings. The molecule has 0 saturated heterocycles. The van der Waals surface area contributed by atoms with Crippen LogP contribution in [0, 0.1) is 5.82 Å². The molecule has 0 heterocycles. The number of ether oxygens (including phenoxy) is 1. The fourth-order valence-corrected chi connectivity index (χ4v) is 2.67. The molecule has 1 N–H and O–H groups in total. The van der Waals surface area contributed by atoms with Crippen molar-refractivity contribution in [2.24, 2.45) is 0 Å². The molecule has 0 spiro atoms. The van der Waals surface area contributed by atoms with Crippen LogP contribution >= 0.6 is 15.9 Å². The SMILES string of the molecule is CCC(NC)c1ccccc1OCc1cccc(F)c1Br. The number of nitrogens with one attached hydrogen (secondary N) is 1. The van der Waals surface area contributed by atoms with E-state index in [2.05, 4.69) is 34.2 Å². The molecule has 0 aromatic heterocycles. The number of halogens is 2. The number of hydrogen-bond acceptors (Lipinski definition) is 2. The van der Waals surface area contributed by atoms with Crippen LogP contribution in [0.25, 0.3) is 0 Å². The highest BCUT2D eigenvalue weighted by Crippen LogP contribution is 2.28. The lowest BCUT2D eigenvalue weighted by molar-refractivity contribution is 0.297. The predicted molar refractivity (Wildman–Crippen MR) is 87.0 cm³/mol. The van der Waals surface area contributed by atoms with Gasteiger partial charge in [0.15, 0.2) is 0 Å². The van der Waals surface area contributed by atoms with Crippen LogP contribution in [0.5, 0.6) is 5.75 Å². The van der Waals surface area contributed by atoms with E-state index in [0.717, 1.165) is 23.3 Å². The van der Waals surface area contributed by atoms with Gasteiger partial charge in [0.05, 0.1) is 4.47 Å². The van der Waals surface area contributed by atoms with E-state index in [-0.39, 0.29) is 11.9 Å². The standard InChI is InChI=1S/C17H19BrFNO/c1-3-15(20-2)13-8-4-5-10-16(13)21-11-12-7-6-9-14(19)17(12)18/h4-10,15,20H,3,11H2,1-2H3. The third-order valence-corrected chi connectivity index (χ3v) is 4.35. The minimum absolute atomic E-state index is 0.247. The van der Waals surface area contributed by atoms with E-state index in [1.165, 1.54) is 6.07 Å². The van der Waals surface area contributed by atoms with Crippen LogP contribution in [0.3, 0.4) is 0 Å². The average Bonchev–Trinajstić information content (AvgIpc) is 2.51. The smallest absolute Gasteiger partial charge is 0.137 e. The van der Waals surface area contributed by atoms with Gasteiger partial charge in [0.25, 0.3) is 0 Å². The summed E-state index contributed by atoms with van der Waals surface area (Å²) in [6.07, 6.45) is 0.973. The molecule has 0 radical (unpaired) electrons. The second-order valence-corrected chi connectivity index (χ2v) is 5.58. The minimum atomic E-state index is -0.272. The Bertz CT molecular complexity index is 599. The summed E-state index contributed by atoms with van der Waals surface area (Å²) in [5.74, 6) is 0.556. The fraction of sp³-hybridized carbons (Fsp3) is 0.294. The Morgan fingerprint density at radius 1 is 1.19 bits per heavy atom. The van der Waals surface area contributed by atoms with Gasteiger partial charge >= 0.3 is 0 Å². The number of hydrogen-bond donors (Lipinski definition) is 1. The molecule has 0 bridgehead atoms. The molecular weight excluding hydrogens is 333 g/mol. The summed E-state index contributed by atoms with van der Waals surface area (Å²) in [5, 5.41) is 3.28. The first kappa shape index (κ1) is 16.0. The molecule has 0 amide bonds. The van der Waals surface area contributed by atoms with Crippen molar-refractivity contribution < 1.29 is 9.13 Å². The topological polar surface area (TPSA) is 21.3 Å². The molecule has 0 aliphatic carbocycles. The first-order valence-electron chi connectivity index (χ1n) is 6.99. The van der Waals surface area contributed by atoms with E-state index < -0.39 is 0 Å². The molecule has 0 fully saturated rings. The first-order chi connectivity index (χ1) is 10.2. The van der Waals surface area contributed by atoms with Crippen LogP contribution in [-0.2, 0) is 6.61 Å². The van der Waals surface area contributed by atoms with E-state index in [9.17, 15) is 4.39 Å². The van der Waals surface area contributed by atoms with Crippen molar-refractivity contribution in [3.63, 3.8) is 0 Å². The highest BCUT2D eigenvalue weighted by atomic mass is 79.9. The number of benzene rings is 2. The van der Waals surface area contributed by atoms with Gasteiger partial charge in [0.1, 0.15) is 18.2 Å². The number of rotatable bonds is 6. The van der Waals surface area contributed by atoms with Crippen LogP contribution in [0.2, 0.25) is 0 Å². The maximum Gasteiger partial charge on any atom is 0.137 e. The van der Waals surface area contributed by atoms with Crippen molar-refractivity contribution in [1.29, 1.82) is 0 Å². The predicted octanol–water partition coefficient (Wildman–Crippen LogP) is 4.84. The third kappa shape index (κ3) is 3.83. The normalized spacial score (nSPS) is 12.2.